The van der Waals surface area contributed by atoms with Crippen molar-refractivity contribution in [2.45, 2.75) is 97.3 Å². The second-order valence-corrected chi connectivity index (χ2v) is 18.1. The van der Waals surface area contributed by atoms with Gasteiger partial charge in [0.1, 0.15) is 17.6 Å². The molecule has 1 aromatic carbocycles. The highest BCUT2D eigenvalue weighted by atomic mass is 79.9. The third-order valence-corrected chi connectivity index (χ3v) is 13.0. The molecular weight excluding hydrogens is 714 g/mol. The van der Waals surface area contributed by atoms with Crippen molar-refractivity contribution in [3.05, 3.63) is 21.2 Å². The molecule has 0 saturated carbocycles. The van der Waals surface area contributed by atoms with E-state index >= 15 is 0 Å². The van der Waals surface area contributed by atoms with Crippen molar-refractivity contribution >= 4 is 74.9 Å². The highest BCUT2D eigenvalue weighted by Gasteiger charge is 2.53. The molecule has 0 radical (unpaired) electrons. The van der Waals surface area contributed by atoms with Gasteiger partial charge < -0.3 is 33.2 Å². The van der Waals surface area contributed by atoms with Crippen LogP contribution in [0.5, 0.6) is 11.5 Å². The van der Waals surface area contributed by atoms with E-state index in [4.69, 9.17) is 28.1 Å². The first-order chi connectivity index (χ1) is 19.8. The maximum atomic E-state index is 12.7. The van der Waals surface area contributed by atoms with E-state index in [1.165, 1.54) is 17.7 Å². The van der Waals surface area contributed by atoms with Crippen LogP contribution in [0.4, 0.5) is 0 Å². The molecule has 2 heterocycles. The molecule has 0 amide bonds. The van der Waals surface area contributed by atoms with Crippen LogP contribution in [-0.2, 0) is 33.3 Å². The average Bonchev–Trinajstić information content (AvgIpc) is 3.21. The molecule has 43 heavy (non-hydrogen) atoms. The van der Waals surface area contributed by atoms with E-state index in [0.717, 1.165) is 20.8 Å². The SMILES string of the molecule is CC(=O)O[C@@H]1[C@@H](OC(C)=O)[C@H](Oc2cn(C(C)=O)c3cc(Br)c(O[Si](C)(C)C(C)(C)C)c(Br)c23)O[C@H](CO)[C@H]1OC(C)=O. The minimum atomic E-state index is -2.33. The van der Waals surface area contributed by atoms with Gasteiger partial charge in [-0.3, -0.25) is 23.7 Å². The average molecular weight is 751 g/mol. The highest BCUT2D eigenvalue weighted by Crippen LogP contribution is 2.48. The minimum absolute atomic E-state index is 0.123. The van der Waals surface area contributed by atoms with E-state index in [0.29, 0.717) is 25.6 Å². The Morgan fingerprint density at radius 1 is 0.953 bits per heavy atom. The standard InChI is InChI=1S/C28H37Br2NO11Si/c1-13(33)31-11-19(21-18(31)10-17(29)23(22(21)30)42-43(8,9)28(5,6)7)40-27-26(39-16(4)36)25(38-15(3)35)24(37-14(2)34)20(12-32)41-27/h10-11,20,24-27,32H,12H2,1-9H3/t20-,24-,25+,26-,27-/m1/s1. The first kappa shape index (κ1) is 35.0. The van der Waals surface area contributed by atoms with Crippen molar-refractivity contribution in [1.29, 1.82) is 0 Å². The molecule has 1 N–H and O–H groups in total. The molecule has 0 spiro atoms. The Bertz CT molecular complexity index is 1420. The van der Waals surface area contributed by atoms with Gasteiger partial charge in [0.05, 0.1) is 32.7 Å². The van der Waals surface area contributed by atoms with Gasteiger partial charge in [0.25, 0.3) is 8.32 Å². The third kappa shape index (κ3) is 7.61. The van der Waals surface area contributed by atoms with Crippen LogP contribution in [0.1, 0.15) is 53.3 Å². The maximum absolute atomic E-state index is 12.7. The monoisotopic (exact) mass is 749 g/mol. The summed E-state index contributed by atoms with van der Waals surface area (Å²) >= 11 is 7.25. The summed E-state index contributed by atoms with van der Waals surface area (Å²) in [6.07, 6.45) is -5.38. The van der Waals surface area contributed by atoms with Crippen LogP contribution in [0.3, 0.4) is 0 Å². The van der Waals surface area contributed by atoms with Gasteiger partial charge in [0.15, 0.2) is 12.2 Å². The predicted octanol–water partition coefficient (Wildman–Crippen LogP) is 5.10. The molecule has 1 aliphatic heterocycles. The van der Waals surface area contributed by atoms with Crippen molar-refractivity contribution in [2.24, 2.45) is 0 Å². The normalized spacial score (nSPS) is 22.6. The molecule has 12 nitrogen and oxygen atoms in total. The van der Waals surface area contributed by atoms with E-state index in [1.54, 1.807) is 6.07 Å². The summed E-state index contributed by atoms with van der Waals surface area (Å²) in [6, 6.07) is 1.73. The van der Waals surface area contributed by atoms with Crippen LogP contribution in [0, 0.1) is 0 Å². The number of carbonyl (C=O) groups is 4. The van der Waals surface area contributed by atoms with Gasteiger partial charge in [-0.2, -0.15) is 0 Å². The van der Waals surface area contributed by atoms with Crippen molar-refractivity contribution in [2.75, 3.05) is 6.61 Å². The van der Waals surface area contributed by atoms with Crippen molar-refractivity contribution in [1.82, 2.24) is 4.57 Å². The van der Waals surface area contributed by atoms with E-state index in [1.807, 2.05) is 0 Å². The molecule has 1 fully saturated rings. The number of benzene rings is 1. The van der Waals surface area contributed by atoms with Gasteiger partial charge >= 0.3 is 17.9 Å². The largest absolute Gasteiger partial charge is 0.542 e. The second kappa shape index (κ2) is 13.3. The minimum Gasteiger partial charge on any atom is -0.542 e. The maximum Gasteiger partial charge on any atom is 0.303 e. The van der Waals surface area contributed by atoms with Crippen molar-refractivity contribution in [3.8, 4) is 11.5 Å². The molecule has 15 heteroatoms. The zero-order valence-corrected chi connectivity index (χ0v) is 29.7. The number of ether oxygens (including phenoxy) is 5. The lowest BCUT2D eigenvalue weighted by Gasteiger charge is -2.43. The summed E-state index contributed by atoms with van der Waals surface area (Å²) in [5, 5.41) is 10.4. The molecule has 0 bridgehead atoms. The number of aliphatic hydroxyl groups excluding tert-OH is 1. The Kier molecular flexibility index (Phi) is 10.8. The van der Waals surface area contributed by atoms with Crippen LogP contribution in [0.15, 0.2) is 21.2 Å². The number of rotatable bonds is 8. The van der Waals surface area contributed by atoms with Gasteiger partial charge in [0, 0.05) is 27.7 Å². The quantitative estimate of drug-likeness (QED) is 0.218. The number of nitrogens with zero attached hydrogens (tertiary/aromatic N) is 1. The Morgan fingerprint density at radius 3 is 1.98 bits per heavy atom. The molecule has 1 aromatic heterocycles. The highest BCUT2D eigenvalue weighted by molar-refractivity contribution is 9.11. The summed E-state index contributed by atoms with van der Waals surface area (Å²) in [6.45, 7) is 14.6. The smallest absolute Gasteiger partial charge is 0.303 e. The summed E-state index contributed by atoms with van der Waals surface area (Å²) in [4.78, 5) is 48.8. The van der Waals surface area contributed by atoms with E-state index in [9.17, 15) is 24.3 Å². The lowest BCUT2D eigenvalue weighted by atomic mass is 9.98. The summed E-state index contributed by atoms with van der Waals surface area (Å²) in [5.41, 5.74) is 0.469. The Labute approximate surface area is 267 Å². The van der Waals surface area contributed by atoms with Gasteiger partial charge in [0.2, 0.25) is 18.3 Å². The van der Waals surface area contributed by atoms with E-state index < -0.39 is 63.5 Å². The summed E-state index contributed by atoms with van der Waals surface area (Å²) < 4.78 is 37.6. The molecule has 5 atom stereocenters. The fourth-order valence-corrected chi connectivity index (χ4v) is 7.12. The molecule has 1 aliphatic rings. The van der Waals surface area contributed by atoms with Crippen LogP contribution < -0.4 is 9.16 Å². The molecule has 2 aromatic rings. The first-order valence-electron chi connectivity index (χ1n) is 13.5. The molecular formula is C28H37Br2NO11Si. The third-order valence-electron chi connectivity index (χ3n) is 7.33. The fraction of sp³-hybridized carbons (Fsp3) is 0.571. The number of halogens is 2. The van der Waals surface area contributed by atoms with Crippen LogP contribution in [0.2, 0.25) is 18.1 Å². The van der Waals surface area contributed by atoms with Gasteiger partial charge in [-0.1, -0.05) is 20.8 Å². The Morgan fingerprint density at radius 2 is 1.49 bits per heavy atom. The number of aliphatic hydroxyl groups is 1. The predicted molar refractivity (Wildman–Crippen MR) is 165 cm³/mol. The van der Waals surface area contributed by atoms with Gasteiger partial charge in [-0.05, 0) is 56.1 Å². The van der Waals surface area contributed by atoms with Gasteiger partial charge in [-0.25, -0.2) is 0 Å². The molecule has 0 aliphatic carbocycles. The van der Waals surface area contributed by atoms with Gasteiger partial charge in [-0.15, -0.1) is 0 Å². The number of aromatic nitrogens is 1. The zero-order chi connectivity index (χ0) is 32.6. The van der Waals surface area contributed by atoms with Crippen molar-refractivity contribution < 1.29 is 52.4 Å². The number of esters is 3. The topological polar surface area (TPSA) is 149 Å². The van der Waals surface area contributed by atoms with Crippen LogP contribution in [-0.4, -0.2) is 79.1 Å². The zero-order valence-electron chi connectivity index (χ0n) is 25.5. The van der Waals surface area contributed by atoms with E-state index in [2.05, 4.69) is 65.7 Å². The fourth-order valence-electron chi connectivity index (χ4n) is 4.34. The number of hydrogen-bond acceptors (Lipinski definition) is 11. The van der Waals surface area contributed by atoms with Crippen molar-refractivity contribution in [3.63, 3.8) is 0 Å². The molecule has 1 saturated heterocycles. The number of hydrogen-bond donors (Lipinski definition) is 1. The number of carbonyl (C=O) groups excluding carboxylic acids is 4. The second-order valence-electron chi connectivity index (χ2n) is 11.7. The number of fused-ring (bicyclic) bond motifs is 1. The Hall–Kier alpha value is -2.46. The molecule has 3 rings (SSSR count). The first-order valence-corrected chi connectivity index (χ1v) is 18.0. The van der Waals surface area contributed by atoms with E-state index in [-0.39, 0.29) is 16.7 Å². The lowest BCUT2D eigenvalue weighted by molar-refractivity contribution is -0.287. The summed E-state index contributed by atoms with van der Waals surface area (Å²) in [5.74, 6) is -1.94. The van der Waals surface area contributed by atoms with Crippen LogP contribution >= 0.6 is 31.9 Å². The van der Waals surface area contributed by atoms with Crippen LogP contribution in [0.25, 0.3) is 10.9 Å². The summed E-state index contributed by atoms with van der Waals surface area (Å²) in [7, 11) is -2.33. The lowest BCUT2D eigenvalue weighted by Crippen LogP contribution is -2.63. The molecule has 0 unspecified atom stereocenters. The molecule has 238 valence electrons. The Balaban J connectivity index is 2.21.